The smallest absolute Gasteiger partial charge is 0.251 e. The topological polar surface area (TPSA) is 48.0 Å². The fourth-order valence-corrected chi connectivity index (χ4v) is 2.77. The predicted molar refractivity (Wildman–Crippen MR) is 94.0 cm³/mol. The number of hydrogen-bond donors (Lipinski definition) is 0. The Labute approximate surface area is 139 Å². The third-order valence-corrected chi connectivity index (χ3v) is 4.09. The minimum atomic E-state index is -0.0441. The molecule has 0 aliphatic heterocycles. The molecule has 0 saturated carbocycles. The standard InChI is InChI=1S/C20H16N2O2/c1-14-18(21-20(24-14)15-7-3-2-4-8-15)13-22-12-17-10-6-5-9-16(17)11-19(22)23/h2-12H,13H2,1H3. The molecule has 24 heavy (non-hydrogen) atoms. The molecule has 0 bridgehead atoms. The molecular formula is C20H16N2O2. The lowest BCUT2D eigenvalue weighted by Crippen LogP contribution is -2.19. The zero-order chi connectivity index (χ0) is 16.5. The Kier molecular flexibility index (Phi) is 3.50. The maximum absolute atomic E-state index is 12.3. The largest absolute Gasteiger partial charge is 0.441 e. The van der Waals surface area contributed by atoms with Gasteiger partial charge in [-0.1, -0.05) is 42.5 Å². The third-order valence-electron chi connectivity index (χ3n) is 4.09. The van der Waals surface area contributed by atoms with Crippen LogP contribution in [0.25, 0.3) is 22.2 Å². The highest BCUT2D eigenvalue weighted by Crippen LogP contribution is 2.22. The number of fused-ring (bicyclic) bond motifs is 1. The summed E-state index contributed by atoms with van der Waals surface area (Å²) in [6.45, 7) is 2.27. The van der Waals surface area contributed by atoms with E-state index < -0.39 is 0 Å². The van der Waals surface area contributed by atoms with E-state index >= 15 is 0 Å². The van der Waals surface area contributed by atoms with Gasteiger partial charge in [-0.25, -0.2) is 4.98 Å². The minimum Gasteiger partial charge on any atom is -0.441 e. The quantitative estimate of drug-likeness (QED) is 0.574. The Balaban J connectivity index is 1.72. The first-order chi connectivity index (χ1) is 11.7. The number of hydrogen-bond acceptors (Lipinski definition) is 3. The number of benzene rings is 2. The number of rotatable bonds is 3. The van der Waals surface area contributed by atoms with Crippen LogP contribution in [0.15, 0.2) is 76.1 Å². The Morgan fingerprint density at radius 3 is 2.50 bits per heavy atom. The van der Waals surface area contributed by atoms with Crippen molar-refractivity contribution < 1.29 is 4.42 Å². The minimum absolute atomic E-state index is 0.0441. The van der Waals surface area contributed by atoms with E-state index in [1.165, 1.54) is 0 Å². The highest BCUT2D eigenvalue weighted by Gasteiger charge is 2.12. The van der Waals surface area contributed by atoms with Gasteiger partial charge in [0.25, 0.3) is 5.56 Å². The first-order valence-corrected chi connectivity index (χ1v) is 7.82. The van der Waals surface area contributed by atoms with Gasteiger partial charge in [0.2, 0.25) is 5.89 Å². The van der Waals surface area contributed by atoms with E-state index in [-0.39, 0.29) is 5.56 Å². The van der Waals surface area contributed by atoms with E-state index in [0.29, 0.717) is 12.4 Å². The summed E-state index contributed by atoms with van der Waals surface area (Å²) in [5.74, 6) is 1.31. The van der Waals surface area contributed by atoms with Crippen LogP contribution in [0, 0.1) is 6.92 Å². The van der Waals surface area contributed by atoms with Gasteiger partial charge in [0.05, 0.1) is 6.54 Å². The molecule has 0 atom stereocenters. The fourth-order valence-electron chi connectivity index (χ4n) is 2.77. The molecule has 0 radical (unpaired) electrons. The maximum atomic E-state index is 12.3. The van der Waals surface area contributed by atoms with E-state index in [2.05, 4.69) is 4.98 Å². The summed E-state index contributed by atoms with van der Waals surface area (Å²) in [7, 11) is 0. The SMILES string of the molecule is Cc1oc(-c2ccccc2)nc1Cn1cc2ccccc2cc1=O. The summed E-state index contributed by atoms with van der Waals surface area (Å²) in [6.07, 6.45) is 1.87. The lowest BCUT2D eigenvalue weighted by Gasteiger charge is -2.05. The van der Waals surface area contributed by atoms with Crippen LogP contribution >= 0.6 is 0 Å². The van der Waals surface area contributed by atoms with Crippen LogP contribution in [0.3, 0.4) is 0 Å². The van der Waals surface area contributed by atoms with Gasteiger partial charge in [-0.3, -0.25) is 4.79 Å². The van der Waals surface area contributed by atoms with E-state index in [4.69, 9.17) is 4.42 Å². The van der Waals surface area contributed by atoms with Crippen LogP contribution in [0.5, 0.6) is 0 Å². The van der Waals surface area contributed by atoms with Crippen LogP contribution in [-0.4, -0.2) is 9.55 Å². The second-order valence-corrected chi connectivity index (χ2v) is 5.76. The first-order valence-electron chi connectivity index (χ1n) is 7.82. The van der Waals surface area contributed by atoms with Crippen LogP contribution < -0.4 is 5.56 Å². The van der Waals surface area contributed by atoms with Gasteiger partial charge in [-0.2, -0.15) is 0 Å². The molecule has 2 heterocycles. The number of nitrogens with zero attached hydrogens (tertiary/aromatic N) is 2. The molecule has 0 saturated heterocycles. The summed E-state index contributed by atoms with van der Waals surface area (Å²) < 4.78 is 7.44. The van der Waals surface area contributed by atoms with Gasteiger partial charge >= 0.3 is 0 Å². The monoisotopic (exact) mass is 316 g/mol. The number of aromatic nitrogens is 2. The second-order valence-electron chi connectivity index (χ2n) is 5.76. The molecule has 0 spiro atoms. The van der Waals surface area contributed by atoms with Crippen molar-refractivity contribution in [3.63, 3.8) is 0 Å². The molecule has 4 heteroatoms. The van der Waals surface area contributed by atoms with Crippen molar-refractivity contribution >= 4 is 10.8 Å². The fraction of sp³-hybridized carbons (Fsp3) is 0.100. The first kappa shape index (κ1) is 14.5. The summed E-state index contributed by atoms with van der Waals surface area (Å²) in [6, 6.07) is 19.2. The Morgan fingerprint density at radius 1 is 1.00 bits per heavy atom. The molecule has 4 rings (SSSR count). The van der Waals surface area contributed by atoms with Crippen LogP contribution in [0.4, 0.5) is 0 Å². The summed E-state index contributed by atoms with van der Waals surface area (Å²) >= 11 is 0. The third kappa shape index (κ3) is 2.63. The van der Waals surface area contributed by atoms with Crippen LogP contribution in [-0.2, 0) is 6.54 Å². The number of aryl methyl sites for hydroxylation is 1. The predicted octanol–water partition coefficient (Wildman–Crippen LogP) is 4.01. The van der Waals surface area contributed by atoms with Crippen molar-refractivity contribution in [1.82, 2.24) is 9.55 Å². The Bertz CT molecular complexity index is 1060. The zero-order valence-electron chi connectivity index (χ0n) is 13.3. The van der Waals surface area contributed by atoms with Gasteiger partial charge in [0.1, 0.15) is 11.5 Å². The highest BCUT2D eigenvalue weighted by molar-refractivity contribution is 5.81. The van der Waals surface area contributed by atoms with E-state index in [0.717, 1.165) is 27.8 Å². The van der Waals surface area contributed by atoms with Crippen LogP contribution in [0.1, 0.15) is 11.5 Å². The maximum Gasteiger partial charge on any atom is 0.251 e. The van der Waals surface area contributed by atoms with Crippen LogP contribution in [0.2, 0.25) is 0 Å². The van der Waals surface area contributed by atoms with E-state index in [1.54, 1.807) is 10.6 Å². The molecule has 0 unspecified atom stereocenters. The van der Waals surface area contributed by atoms with Gasteiger partial charge in [-0.15, -0.1) is 0 Å². The molecule has 0 aliphatic rings. The lowest BCUT2D eigenvalue weighted by atomic mass is 10.2. The van der Waals surface area contributed by atoms with Crippen molar-refractivity contribution in [3.05, 3.63) is 88.7 Å². The molecule has 2 aromatic carbocycles. The Morgan fingerprint density at radius 2 is 1.71 bits per heavy atom. The summed E-state index contributed by atoms with van der Waals surface area (Å²) in [5, 5.41) is 1.97. The normalized spacial score (nSPS) is 11.0. The van der Waals surface area contributed by atoms with Crippen molar-refractivity contribution in [3.8, 4) is 11.5 Å². The lowest BCUT2D eigenvalue weighted by molar-refractivity contribution is 0.537. The van der Waals surface area contributed by atoms with Crippen molar-refractivity contribution in [2.24, 2.45) is 0 Å². The average molecular weight is 316 g/mol. The van der Waals surface area contributed by atoms with E-state index in [9.17, 15) is 4.79 Å². The molecule has 4 nitrogen and oxygen atoms in total. The van der Waals surface area contributed by atoms with Gasteiger partial charge in [-0.05, 0) is 29.8 Å². The molecule has 118 valence electrons. The van der Waals surface area contributed by atoms with Gasteiger partial charge < -0.3 is 8.98 Å². The van der Waals surface area contributed by atoms with E-state index in [1.807, 2.05) is 67.7 Å². The molecule has 2 aromatic heterocycles. The van der Waals surface area contributed by atoms with Crippen molar-refractivity contribution in [2.75, 3.05) is 0 Å². The molecule has 4 aromatic rings. The molecule has 0 amide bonds. The molecular weight excluding hydrogens is 300 g/mol. The van der Waals surface area contributed by atoms with Gasteiger partial charge in [0.15, 0.2) is 0 Å². The zero-order valence-corrected chi connectivity index (χ0v) is 13.3. The van der Waals surface area contributed by atoms with Crippen molar-refractivity contribution in [1.29, 1.82) is 0 Å². The number of oxazole rings is 1. The summed E-state index contributed by atoms with van der Waals surface area (Å²) in [5.41, 5.74) is 1.65. The highest BCUT2D eigenvalue weighted by atomic mass is 16.4. The second kappa shape index (κ2) is 5.81. The number of pyridine rings is 1. The Hall–Kier alpha value is -3.14. The van der Waals surface area contributed by atoms with Gasteiger partial charge in [0, 0.05) is 17.8 Å². The molecule has 0 fully saturated rings. The van der Waals surface area contributed by atoms with Crippen molar-refractivity contribution in [2.45, 2.75) is 13.5 Å². The molecule has 0 aliphatic carbocycles. The molecule has 0 N–H and O–H groups in total. The summed E-state index contributed by atoms with van der Waals surface area (Å²) in [4.78, 5) is 16.9. The average Bonchev–Trinajstić information content (AvgIpc) is 2.97.